The summed E-state index contributed by atoms with van der Waals surface area (Å²) in [6.45, 7) is 0. The van der Waals surface area contributed by atoms with E-state index in [9.17, 15) is 4.39 Å². The molecule has 0 radical (unpaired) electrons. The fourth-order valence-electron chi connectivity index (χ4n) is 4.96. The molecule has 0 aliphatic carbocycles. The van der Waals surface area contributed by atoms with Crippen molar-refractivity contribution in [3.05, 3.63) is 36.3 Å². The molecule has 3 aromatic heterocycles. The third-order valence-electron chi connectivity index (χ3n) is 6.51. The molecule has 0 amide bonds. The second-order valence-electron chi connectivity index (χ2n) is 8.58. The lowest BCUT2D eigenvalue weighted by molar-refractivity contribution is 0.354. The van der Waals surface area contributed by atoms with Gasteiger partial charge in [0.15, 0.2) is 10.9 Å². The first-order valence-corrected chi connectivity index (χ1v) is 11.2. The van der Waals surface area contributed by atoms with Crippen molar-refractivity contribution in [3.8, 4) is 11.3 Å². The molecular weight excluding hydrogens is 399 g/mol. The zero-order valence-corrected chi connectivity index (χ0v) is 17.8. The van der Waals surface area contributed by atoms with Crippen LogP contribution >= 0.6 is 11.3 Å². The molecule has 2 saturated heterocycles. The Balaban J connectivity index is 1.36. The van der Waals surface area contributed by atoms with Crippen LogP contribution in [0.4, 0.5) is 9.52 Å². The van der Waals surface area contributed by atoms with Crippen LogP contribution in [0.3, 0.4) is 0 Å². The number of thiazole rings is 1. The van der Waals surface area contributed by atoms with Crippen LogP contribution in [0, 0.1) is 5.82 Å². The van der Waals surface area contributed by atoms with E-state index in [1.165, 1.54) is 12.8 Å². The number of nitrogens with zero attached hydrogens (tertiary/aromatic N) is 5. The van der Waals surface area contributed by atoms with Gasteiger partial charge in [-0.05, 0) is 49.9 Å². The molecule has 2 aliphatic heterocycles. The number of benzene rings is 1. The Morgan fingerprint density at radius 3 is 2.73 bits per heavy atom. The predicted octanol–water partition coefficient (Wildman–Crippen LogP) is 4.10. The minimum absolute atomic E-state index is 0.295. The molecule has 2 atom stereocenters. The molecule has 1 N–H and O–H groups in total. The van der Waals surface area contributed by atoms with Crippen molar-refractivity contribution in [2.75, 3.05) is 11.9 Å². The largest absolute Gasteiger partial charge is 0.348 e. The summed E-state index contributed by atoms with van der Waals surface area (Å²) in [7, 11) is 3.97. The van der Waals surface area contributed by atoms with Gasteiger partial charge in [0.2, 0.25) is 0 Å². The Morgan fingerprint density at radius 1 is 1.13 bits per heavy atom. The summed E-state index contributed by atoms with van der Waals surface area (Å²) >= 11 is 1.56. The minimum atomic E-state index is -0.295. The van der Waals surface area contributed by atoms with Crippen LogP contribution < -0.4 is 10.2 Å². The Morgan fingerprint density at radius 2 is 1.93 bits per heavy atom. The quantitative estimate of drug-likeness (QED) is 0.539. The van der Waals surface area contributed by atoms with Crippen molar-refractivity contribution in [2.24, 2.45) is 7.05 Å². The number of anilines is 1. The van der Waals surface area contributed by atoms with E-state index < -0.39 is 0 Å². The normalized spacial score (nSPS) is 23.5. The van der Waals surface area contributed by atoms with Crippen molar-refractivity contribution < 1.29 is 4.39 Å². The van der Waals surface area contributed by atoms with E-state index >= 15 is 0 Å². The molecule has 2 fully saturated rings. The van der Waals surface area contributed by atoms with Gasteiger partial charge >= 0.3 is 0 Å². The molecule has 2 aliphatic rings. The second-order valence-corrected chi connectivity index (χ2v) is 9.59. The second kappa shape index (κ2) is 6.72. The molecule has 2 unspecified atom stereocenters. The molecule has 0 saturated carbocycles. The molecule has 2 bridgehead atoms. The first-order valence-electron chi connectivity index (χ1n) is 10.4. The average Bonchev–Trinajstić information content (AvgIpc) is 3.42. The zero-order valence-electron chi connectivity index (χ0n) is 17.0. The summed E-state index contributed by atoms with van der Waals surface area (Å²) in [5.41, 5.74) is 3.60. The van der Waals surface area contributed by atoms with E-state index in [1.54, 1.807) is 22.1 Å². The van der Waals surface area contributed by atoms with Crippen LogP contribution in [-0.4, -0.2) is 44.9 Å². The molecule has 6 nitrogen and oxygen atoms in total. The van der Waals surface area contributed by atoms with Gasteiger partial charge in [-0.1, -0.05) is 11.3 Å². The smallest absolute Gasteiger partial charge is 0.186 e. The zero-order chi connectivity index (χ0) is 20.4. The number of fused-ring (bicyclic) bond motifs is 4. The number of halogens is 1. The highest BCUT2D eigenvalue weighted by molar-refractivity contribution is 7.22. The van der Waals surface area contributed by atoms with Crippen molar-refractivity contribution in [1.29, 1.82) is 0 Å². The summed E-state index contributed by atoms with van der Waals surface area (Å²) in [6.07, 6.45) is 6.67. The maximum absolute atomic E-state index is 15.0. The van der Waals surface area contributed by atoms with E-state index in [4.69, 9.17) is 0 Å². The summed E-state index contributed by atoms with van der Waals surface area (Å²) in [5.74, 6) is -0.295. The number of hydrogen-bond donors (Lipinski definition) is 1. The Bertz CT molecular complexity index is 1250. The van der Waals surface area contributed by atoms with Gasteiger partial charge in [0.1, 0.15) is 16.6 Å². The molecule has 154 valence electrons. The van der Waals surface area contributed by atoms with E-state index in [0.29, 0.717) is 23.6 Å². The van der Waals surface area contributed by atoms with Gasteiger partial charge in [-0.15, -0.1) is 0 Å². The molecule has 8 heteroatoms. The fourth-order valence-corrected chi connectivity index (χ4v) is 6.01. The van der Waals surface area contributed by atoms with Crippen LogP contribution in [0.15, 0.2) is 30.5 Å². The Kier molecular flexibility index (Phi) is 4.08. The molecule has 0 spiro atoms. The van der Waals surface area contributed by atoms with E-state index in [2.05, 4.69) is 32.3 Å². The lowest BCUT2D eigenvalue weighted by Crippen LogP contribution is -2.47. The van der Waals surface area contributed by atoms with Crippen LogP contribution in [0.25, 0.3) is 32.5 Å². The van der Waals surface area contributed by atoms with Gasteiger partial charge in [0.05, 0.1) is 16.6 Å². The first kappa shape index (κ1) is 18.2. The number of aromatic nitrogens is 4. The number of piperidine rings is 1. The van der Waals surface area contributed by atoms with Crippen LogP contribution in [0.2, 0.25) is 0 Å². The molecule has 6 rings (SSSR count). The number of pyridine rings is 1. The van der Waals surface area contributed by atoms with Crippen molar-refractivity contribution in [3.63, 3.8) is 0 Å². The monoisotopic (exact) mass is 422 g/mol. The third-order valence-corrected chi connectivity index (χ3v) is 7.60. The number of rotatable bonds is 3. The standard InChI is InChI=1S/C22H23FN6S/c1-28-11-19-18(27-28)6-5-17(25-19)12-7-16(23)21-20(8-12)30-22(26-21)29(2)15-9-13-3-4-14(10-15)24-13/h5-8,11,13-15,24H,3-4,9-10H2,1-2H3. The molecule has 1 aromatic carbocycles. The van der Waals surface area contributed by atoms with E-state index in [-0.39, 0.29) is 5.82 Å². The summed E-state index contributed by atoms with van der Waals surface area (Å²) in [5, 5.41) is 8.94. The maximum atomic E-state index is 15.0. The number of aryl methyl sites for hydroxylation is 1. The van der Waals surface area contributed by atoms with Gasteiger partial charge in [0.25, 0.3) is 0 Å². The van der Waals surface area contributed by atoms with Crippen LogP contribution in [0.5, 0.6) is 0 Å². The van der Waals surface area contributed by atoms with Crippen molar-refractivity contribution in [2.45, 2.75) is 43.8 Å². The number of nitrogens with one attached hydrogen (secondary N) is 1. The lowest BCUT2D eigenvalue weighted by Gasteiger charge is -2.35. The summed E-state index contributed by atoms with van der Waals surface area (Å²) < 4.78 is 17.6. The highest BCUT2D eigenvalue weighted by Crippen LogP contribution is 2.37. The lowest BCUT2D eigenvalue weighted by atomic mass is 9.99. The van der Waals surface area contributed by atoms with Gasteiger partial charge < -0.3 is 10.2 Å². The van der Waals surface area contributed by atoms with Gasteiger partial charge in [0, 0.05) is 37.8 Å². The average molecular weight is 423 g/mol. The fraction of sp³-hybridized carbons (Fsp3) is 0.409. The SMILES string of the molecule is CN(c1nc2c(F)cc(-c3ccc4nn(C)cc4n3)cc2s1)C1CC2CCC(C1)N2. The number of hydrogen-bond acceptors (Lipinski definition) is 6. The predicted molar refractivity (Wildman–Crippen MR) is 118 cm³/mol. The van der Waals surface area contributed by atoms with Crippen LogP contribution in [0.1, 0.15) is 25.7 Å². The van der Waals surface area contributed by atoms with Crippen LogP contribution in [-0.2, 0) is 7.05 Å². The maximum Gasteiger partial charge on any atom is 0.186 e. The molecule has 5 heterocycles. The summed E-state index contributed by atoms with van der Waals surface area (Å²) in [4.78, 5) is 11.6. The third kappa shape index (κ3) is 2.97. The van der Waals surface area contributed by atoms with Gasteiger partial charge in [-0.3, -0.25) is 4.68 Å². The van der Waals surface area contributed by atoms with E-state index in [1.807, 2.05) is 31.4 Å². The first-order chi connectivity index (χ1) is 14.5. The van der Waals surface area contributed by atoms with E-state index in [0.717, 1.165) is 45.0 Å². The highest BCUT2D eigenvalue weighted by Gasteiger charge is 2.35. The summed E-state index contributed by atoms with van der Waals surface area (Å²) in [6, 6.07) is 9.06. The van der Waals surface area contributed by atoms with Gasteiger partial charge in [-0.25, -0.2) is 14.4 Å². The Labute approximate surface area is 177 Å². The highest BCUT2D eigenvalue weighted by atomic mass is 32.1. The molecule has 30 heavy (non-hydrogen) atoms. The topological polar surface area (TPSA) is 58.9 Å². The molecular formula is C22H23FN6S. The minimum Gasteiger partial charge on any atom is -0.348 e. The Hall–Kier alpha value is -2.58. The molecule has 4 aromatic rings. The van der Waals surface area contributed by atoms with Gasteiger partial charge in [-0.2, -0.15) is 5.10 Å². The van der Waals surface area contributed by atoms with Crippen molar-refractivity contribution in [1.82, 2.24) is 25.1 Å². The van der Waals surface area contributed by atoms with Crippen molar-refractivity contribution >= 4 is 37.7 Å².